The number of ether oxygens (including phenoxy) is 3. The highest BCUT2D eigenvalue weighted by molar-refractivity contribution is 7.90. The zero-order valence-electron chi connectivity index (χ0n) is 41.5. The maximum Gasteiger partial charge on any atom is 0.389 e. The third-order valence-electron chi connectivity index (χ3n) is 10.8. The number of aryl methyl sites for hydroxylation is 2. The van der Waals surface area contributed by atoms with E-state index < -0.39 is 82.9 Å². The molecular formula is C47H49Cl2F4N8O15PS. The van der Waals surface area contributed by atoms with Gasteiger partial charge >= 0.3 is 30.2 Å². The normalized spacial score (nSPS) is 14.9. The summed E-state index contributed by atoms with van der Waals surface area (Å²) in [4.78, 5) is 92.1. The number of methoxy groups -OCH3 is 2. The number of hydrogen-bond donors (Lipinski definition) is 6. The number of terminal acetylenes is 1. The molecule has 78 heavy (non-hydrogen) atoms. The molecule has 0 saturated heterocycles. The van der Waals surface area contributed by atoms with Crippen molar-refractivity contribution >= 4 is 93.6 Å². The number of carboxylic acid groups (broad SMARTS) is 2. The number of hydrogen-bond acceptors (Lipinski definition) is 16. The van der Waals surface area contributed by atoms with Crippen molar-refractivity contribution in [2.45, 2.75) is 69.0 Å². The lowest BCUT2D eigenvalue weighted by molar-refractivity contribution is -0.138. The first kappa shape index (κ1) is 63.1. The van der Waals surface area contributed by atoms with Gasteiger partial charge in [-0.1, -0.05) is 47.3 Å². The van der Waals surface area contributed by atoms with Gasteiger partial charge in [-0.25, -0.2) is 32.0 Å². The minimum Gasteiger partial charge on any atom is -0.494 e. The molecule has 7 rings (SSSR count). The fourth-order valence-electron chi connectivity index (χ4n) is 7.20. The highest BCUT2D eigenvalue weighted by Crippen LogP contribution is 2.42. The first-order chi connectivity index (χ1) is 36.4. The molecule has 0 saturated carbocycles. The number of carbonyl (C=O) groups is 6. The summed E-state index contributed by atoms with van der Waals surface area (Å²) in [5.74, 6) is -1.86. The van der Waals surface area contributed by atoms with Crippen molar-refractivity contribution in [3.63, 3.8) is 0 Å². The number of benzene rings is 3. The van der Waals surface area contributed by atoms with E-state index in [1.54, 1.807) is 4.72 Å². The van der Waals surface area contributed by atoms with Crippen LogP contribution >= 0.6 is 30.6 Å². The molecular weight excluding hydrogens is 1130 g/mol. The van der Waals surface area contributed by atoms with Crippen LogP contribution in [0.2, 0.25) is 10.0 Å². The van der Waals surface area contributed by atoms with E-state index in [-0.39, 0.29) is 93.5 Å². The van der Waals surface area contributed by atoms with Gasteiger partial charge in [-0.15, -0.1) is 6.42 Å². The smallest absolute Gasteiger partial charge is 0.389 e. The zero-order chi connectivity index (χ0) is 58.4. The summed E-state index contributed by atoms with van der Waals surface area (Å²) < 4.78 is 104. The van der Waals surface area contributed by atoms with Crippen LogP contribution in [0.1, 0.15) is 60.3 Å². The Kier molecular flexibility index (Phi) is 22.1. The van der Waals surface area contributed by atoms with Gasteiger partial charge in [0.1, 0.15) is 23.2 Å². The van der Waals surface area contributed by atoms with Crippen molar-refractivity contribution < 1.29 is 88.6 Å². The third-order valence-corrected chi connectivity index (χ3v) is 13.9. The molecule has 1 aromatic heterocycles. The van der Waals surface area contributed by atoms with Gasteiger partial charge in [-0.05, 0) is 75.3 Å². The van der Waals surface area contributed by atoms with E-state index in [4.69, 9.17) is 64.7 Å². The average molecular weight is 1180 g/mol. The number of alkyl halides is 3. The van der Waals surface area contributed by atoms with Crippen LogP contribution < -0.4 is 39.8 Å². The van der Waals surface area contributed by atoms with Crippen LogP contribution in [0.4, 0.5) is 39.7 Å². The Labute approximate surface area is 452 Å². The SMILES string of the molecule is C#CCN1C(=O)COc2cc(F)c(N3C(=O)C4=C(CCCC4)C3=O)cc21.COc1c(Cl)ccc(Cl)c1C(=O)O.COc1nc(C)nc(NC(=O)NS(=O)(=O)c2ccccc2CCC(F)(F)F)n1.CP(=O)(O)CCC(N)C(=O)O. The van der Waals surface area contributed by atoms with Crippen LogP contribution in [0.25, 0.3) is 0 Å². The minimum absolute atomic E-state index is 0.0170. The monoisotopic (exact) mass is 1170 g/mol. The van der Waals surface area contributed by atoms with Gasteiger partial charge in [0.25, 0.3) is 27.7 Å². The first-order valence-electron chi connectivity index (χ1n) is 22.5. The standard InChI is InChI=1S/C19H15FN2O4.C15H16F3N5O4S.C8H6Cl2O3.C5H12NO4P/c1-2-7-21-15-9-14(13(20)8-16(15)26-10-17(21)23)22-18(24)11-5-3-4-6-12(11)19(22)25;1-9-19-12(22-14(20-9)27-2)21-13(24)23-28(25,26)11-6-4-3-5-10(11)7-8-15(16,17)18;1-13-7-5(10)3-2-4(9)6(7)8(11)12;1-11(9,10)3-2-4(6)5(7)8/h1,8-9H,3-7,10H2;3-6H,7-8H2,1-2H3,(H2,19,20,21,22,23,24);2-3H,1H3,(H,11,12);4H,2-3,6H2,1H3,(H,7,8)(H,9,10). The third kappa shape index (κ3) is 17.3. The molecule has 7 N–H and O–H groups in total. The number of imide groups is 1. The van der Waals surface area contributed by atoms with Gasteiger partial charge in [-0.2, -0.15) is 28.1 Å². The van der Waals surface area contributed by atoms with Crippen LogP contribution in [0.5, 0.6) is 17.5 Å². The molecule has 0 spiro atoms. The van der Waals surface area contributed by atoms with Gasteiger partial charge in [0, 0.05) is 36.5 Å². The van der Waals surface area contributed by atoms with Gasteiger partial charge < -0.3 is 35.1 Å². The highest BCUT2D eigenvalue weighted by atomic mass is 35.5. The Morgan fingerprint density at radius 2 is 1.59 bits per heavy atom. The maximum atomic E-state index is 14.7. The lowest BCUT2D eigenvalue weighted by atomic mass is 9.93. The predicted octanol–water partition coefficient (Wildman–Crippen LogP) is 6.51. The largest absolute Gasteiger partial charge is 0.494 e. The molecule has 4 aromatic rings. The Bertz CT molecular complexity index is 3190. The van der Waals surface area contributed by atoms with E-state index in [0.29, 0.717) is 24.0 Å². The van der Waals surface area contributed by atoms with Crippen molar-refractivity contribution in [3.05, 3.63) is 92.5 Å². The number of carbonyl (C=O) groups excluding carboxylic acids is 4. The number of nitrogens with two attached hydrogens (primary N) is 1. The lowest BCUT2D eigenvalue weighted by Crippen LogP contribution is -2.39. The number of urea groups is 1. The molecule has 2 atom stereocenters. The number of amides is 5. The number of fused-ring (bicyclic) bond motifs is 1. The molecule has 0 fully saturated rings. The molecule has 0 radical (unpaired) electrons. The number of rotatable bonds is 14. The van der Waals surface area contributed by atoms with Crippen LogP contribution in [-0.2, 0) is 40.2 Å². The topological polar surface area (TPSA) is 337 Å². The van der Waals surface area contributed by atoms with Crippen LogP contribution in [0.15, 0.2) is 64.6 Å². The second kappa shape index (κ2) is 27.3. The fourth-order valence-corrected chi connectivity index (χ4v) is 9.60. The summed E-state index contributed by atoms with van der Waals surface area (Å²) >= 11 is 11.4. The number of carboxylic acids is 2. The number of sulfonamides is 1. The Morgan fingerprint density at radius 1 is 0.974 bits per heavy atom. The Hall–Kier alpha value is -7.41. The average Bonchev–Trinajstić information content (AvgIpc) is 3.61. The molecule has 420 valence electrons. The first-order valence-corrected chi connectivity index (χ1v) is 27.1. The molecule has 31 heteroatoms. The van der Waals surface area contributed by atoms with Crippen molar-refractivity contribution in [2.75, 3.05) is 55.3 Å². The molecule has 5 amide bonds. The number of nitrogens with one attached hydrogen (secondary N) is 2. The van der Waals surface area contributed by atoms with Gasteiger partial charge in [0.05, 0.1) is 47.1 Å². The summed E-state index contributed by atoms with van der Waals surface area (Å²) in [6, 6.07) is 8.04. The van der Waals surface area contributed by atoms with Gasteiger partial charge in [0.15, 0.2) is 25.5 Å². The van der Waals surface area contributed by atoms with E-state index in [1.807, 2.05) is 0 Å². The number of aliphatic carboxylic acids is 1. The van der Waals surface area contributed by atoms with Crippen molar-refractivity contribution in [1.82, 2.24) is 19.7 Å². The molecule has 1 aliphatic carbocycles. The second-order valence-corrected chi connectivity index (χ2v) is 21.6. The summed E-state index contributed by atoms with van der Waals surface area (Å²) in [6.45, 7) is 2.42. The summed E-state index contributed by atoms with van der Waals surface area (Å²) in [6.07, 6.45) is 1.82. The van der Waals surface area contributed by atoms with E-state index in [1.165, 1.54) is 69.1 Å². The summed E-state index contributed by atoms with van der Waals surface area (Å²) in [5.41, 5.74) is 5.90. The second-order valence-electron chi connectivity index (χ2n) is 16.6. The van der Waals surface area contributed by atoms with Crippen LogP contribution in [0, 0.1) is 25.1 Å². The van der Waals surface area contributed by atoms with Crippen LogP contribution in [-0.4, -0.2) is 127 Å². The Morgan fingerprint density at radius 3 is 2.13 bits per heavy atom. The van der Waals surface area contributed by atoms with Crippen molar-refractivity contribution in [2.24, 2.45) is 5.73 Å². The van der Waals surface area contributed by atoms with Crippen molar-refractivity contribution in [3.8, 4) is 29.9 Å². The van der Waals surface area contributed by atoms with E-state index in [2.05, 4.69) is 26.2 Å². The van der Waals surface area contributed by atoms with Gasteiger partial charge in [-0.3, -0.25) is 34.0 Å². The molecule has 3 heterocycles. The molecule has 3 aromatic carbocycles. The predicted molar refractivity (Wildman–Crippen MR) is 273 cm³/mol. The van der Waals surface area contributed by atoms with Crippen LogP contribution in [0.3, 0.4) is 0 Å². The number of nitrogens with zero attached hydrogens (tertiary/aromatic N) is 5. The van der Waals surface area contributed by atoms with Crippen molar-refractivity contribution in [1.29, 1.82) is 0 Å². The Balaban J connectivity index is 0.000000241. The number of anilines is 3. The summed E-state index contributed by atoms with van der Waals surface area (Å²) in [5, 5.41) is 19.5. The molecule has 2 unspecified atom stereocenters. The maximum absolute atomic E-state index is 14.7. The number of aromatic nitrogens is 3. The van der Waals surface area contributed by atoms with Gasteiger partial charge in [0.2, 0.25) is 5.95 Å². The molecule has 3 aliphatic rings. The number of aromatic carboxylic acids is 1. The minimum atomic E-state index is -4.45. The fraction of sp³-hybridized carbons (Fsp3) is 0.340. The van der Waals surface area contributed by atoms with E-state index in [9.17, 15) is 59.3 Å². The number of halogens is 6. The summed E-state index contributed by atoms with van der Waals surface area (Å²) in [7, 11) is -4.91. The van der Waals surface area contributed by atoms with E-state index in [0.717, 1.165) is 29.9 Å². The molecule has 2 aliphatic heterocycles. The molecule has 23 nitrogen and oxygen atoms in total. The zero-order valence-corrected chi connectivity index (χ0v) is 44.7. The quantitative estimate of drug-likeness (QED) is 0.0339. The molecule has 0 bridgehead atoms. The lowest BCUT2D eigenvalue weighted by Gasteiger charge is -2.29. The highest BCUT2D eigenvalue weighted by Gasteiger charge is 2.42. The van der Waals surface area contributed by atoms with E-state index >= 15 is 0 Å².